The average molecular weight is 317 g/mol. The Morgan fingerprint density at radius 1 is 0.875 bits per heavy atom. The zero-order valence-electron chi connectivity index (χ0n) is 13.5. The summed E-state index contributed by atoms with van der Waals surface area (Å²) >= 11 is 0. The summed E-state index contributed by atoms with van der Waals surface area (Å²) in [5.74, 6) is 1.23. The lowest BCUT2D eigenvalue weighted by Crippen LogP contribution is -2.12. The van der Waals surface area contributed by atoms with Crippen molar-refractivity contribution in [1.82, 2.24) is 0 Å². The van der Waals surface area contributed by atoms with Crippen LogP contribution in [0.4, 0.5) is 5.69 Å². The van der Waals surface area contributed by atoms with Crippen molar-refractivity contribution in [3.8, 4) is 11.5 Å². The number of anilines is 1. The first-order chi connectivity index (χ1) is 11.7. The van der Waals surface area contributed by atoms with Gasteiger partial charge in [-0.25, -0.2) is 0 Å². The molecule has 0 atom stereocenters. The number of rotatable bonds is 5. The predicted octanol–water partition coefficient (Wildman–Crippen LogP) is 5.29. The molecule has 3 rings (SSSR count). The highest BCUT2D eigenvalue weighted by Crippen LogP contribution is 2.22. The minimum Gasteiger partial charge on any atom is -0.457 e. The van der Waals surface area contributed by atoms with Crippen LogP contribution in [0.2, 0.25) is 0 Å². The van der Waals surface area contributed by atoms with E-state index in [-0.39, 0.29) is 5.91 Å². The molecule has 0 spiro atoms. The second-order valence-corrected chi connectivity index (χ2v) is 5.45. The molecule has 3 aromatic carbocycles. The van der Waals surface area contributed by atoms with E-state index in [9.17, 15) is 4.79 Å². The summed E-state index contributed by atoms with van der Waals surface area (Å²) in [6, 6.07) is 24.5. The maximum atomic E-state index is 12.5. The zero-order valence-corrected chi connectivity index (χ0v) is 13.5. The van der Waals surface area contributed by atoms with Crippen LogP contribution in [0.1, 0.15) is 22.8 Å². The molecule has 3 aromatic rings. The van der Waals surface area contributed by atoms with Crippen molar-refractivity contribution in [3.05, 3.63) is 90.0 Å². The normalized spacial score (nSPS) is 10.2. The summed E-state index contributed by atoms with van der Waals surface area (Å²) in [4.78, 5) is 12.5. The van der Waals surface area contributed by atoms with Crippen LogP contribution in [-0.2, 0) is 6.42 Å². The fraction of sp³-hybridized carbons (Fsp3) is 0.0952. The zero-order chi connectivity index (χ0) is 16.8. The number of benzene rings is 3. The number of nitrogens with one attached hydrogen (secondary N) is 1. The molecular formula is C21H19NO2. The standard InChI is InChI=1S/C21H19NO2/c1-2-16-8-6-10-18(14-16)22-21(23)17-9-7-13-20(15-17)24-19-11-4-3-5-12-19/h3-15H,2H2,1H3,(H,22,23). The summed E-state index contributed by atoms with van der Waals surface area (Å²) in [6.07, 6.45) is 0.935. The van der Waals surface area contributed by atoms with E-state index in [1.807, 2.05) is 66.7 Å². The minimum atomic E-state index is -0.151. The lowest BCUT2D eigenvalue weighted by molar-refractivity contribution is 0.102. The first-order valence-electron chi connectivity index (χ1n) is 7.98. The summed E-state index contributed by atoms with van der Waals surface area (Å²) in [7, 11) is 0. The molecule has 0 bridgehead atoms. The number of amides is 1. The molecule has 0 aliphatic carbocycles. The van der Waals surface area contributed by atoms with Gasteiger partial charge in [-0.05, 0) is 54.4 Å². The third kappa shape index (κ3) is 4.02. The van der Waals surface area contributed by atoms with Crippen molar-refractivity contribution >= 4 is 11.6 Å². The van der Waals surface area contributed by atoms with E-state index in [0.29, 0.717) is 11.3 Å². The molecule has 3 heteroatoms. The smallest absolute Gasteiger partial charge is 0.255 e. The molecule has 0 saturated heterocycles. The molecule has 3 nitrogen and oxygen atoms in total. The maximum Gasteiger partial charge on any atom is 0.255 e. The molecule has 0 aliphatic heterocycles. The van der Waals surface area contributed by atoms with Crippen molar-refractivity contribution in [2.75, 3.05) is 5.32 Å². The molecule has 24 heavy (non-hydrogen) atoms. The van der Waals surface area contributed by atoms with E-state index in [1.165, 1.54) is 5.56 Å². The van der Waals surface area contributed by atoms with Crippen molar-refractivity contribution in [1.29, 1.82) is 0 Å². The number of hydrogen-bond donors (Lipinski definition) is 1. The van der Waals surface area contributed by atoms with Crippen LogP contribution in [0.3, 0.4) is 0 Å². The minimum absolute atomic E-state index is 0.151. The Bertz CT molecular complexity index is 828. The highest BCUT2D eigenvalue weighted by atomic mass is 16.5. The van der Waals surface area contributed by atoms with Gasteiger partial charge in [-0.15, -0.1) is 0 Å². The third-order valence-electron chi connectivity index (χ3n) is 3.67. The SMILES string of the molecule is CCc1cccc(NC(=O)c2cccc(Oc3ccccc3)c2)c1. The molecule has 0 unspecified atom stereocenters. The second-order valence-electron chi connectivity index (χ2n) is 5.45. The molecule has 120 valence electrons. The predicted molar refractivity (Wildman–Crippen MR) is 96.7 cm³/mol. The largest absolute Gasteiger partial charge is 0.457 e. The molecule has 0 aromatic heterocycles. The van der Waals surface area contributed by atoms with Gasteiger partial charge < -0.3 is 10.1 Å². The van der Waals surface area contributed by atoms with Gasteiger partial charge in [-0.3, -0.25) is 4.79 Å². The number of hydrogen-bond acceptors (Lipinski definition) is 2. The Kier molecular flexibility index (Phi) is 4.92. The lowest BCUT2D eigenvalue weighted by Gasteiger charge is -2.09. The van der Waals surface area contributed by atoms with Crippen LogP contribution in [0.5, 0.6) is 11.5 Å². The van der Waals surface area contributed by atoms with Crippen LogP contribution < -0.4 is 10.1 Å². The van der Waals surface area contributed by atoms with E-state index in [0.717, 1.165) is 17.9 Å². The van der Waals surface area contributed by atoms with Gasteiger partial charge in [-0.2, -0.15) is 0 Å². The van der Waals surface area contributed by atoms with Gasteiger partial charge in [-0.1, -0.05) is 43.3 Å². The lowest BCUT2D eigenvalue weighted by atomic mass is 10.1. The molecule has 0 radical (unpaired) electrons. The Hall–Kier alpha value is -3.07. The van der Waals surface area contributed by atoms with Crippen molar-refractivity contribution < 1.29 is 9.53 Å². The highest BCUT2D eigenvalue weighted by Gasteiger charge is 2.08. The van der Waals surface area contributed by atoms with Gasteiger partial charge in [0, 0.05) is 11.3 Å². The monoisotopic (exact) mass is 317 g/mol. The molecule has 1 N–H and O–H groups in total. The Morgan fingerprint density at radius 2 is 1.62 bits per heavy atom. The first kappa shape index (κ1) is 15.8. The number of aryl methyl sites for hydroxylation is 1. The van der Waals surface area contributed by atoms with Gasteiger partial charge in [0.05, 0.1) is 0 Å². The Morgan fingerprint density at radius 3 is 2.42 bits per heavy atom. The first-order valence-corrected chi connectivity index (χ1v) is 7.98. The number of carbonyl (C=O) groups is 1. The van der Waals surface area contributed by atoms with E-state index >= 15 is 0 Å². The topological polar surface area (TPSA) is 38.3 Å². The fourth-order valence-corrected chi connectivity index (χ4v) is 2.40. The van der Waals surface area contributed by atoms with Gasteiger partial charge in [0.25, 0.3) is 5.91 Å². The molecular weight excluding hydrogens is 298 g/mol. The number of para-hydroxylation sites is 1. The van der Waals surface area contributed by atoms with Gasteiger partial charge in [0.2, 0.25) is 0 Å². The van der Waals surface area contributed by atoms with Crippen molar-refractivity contribution in [2.24, 2.45) is 0 Å². The number of carbonyl (C=O) groups excluding carboxylic acids is 1. The van der Waals surface area contributed by atoms with Crippen LogP contribution in [0.15, 0.2) is 78.9 Å². The van der Waals surface area contributed by atoms with Gasteiger partial charge >= 0.3 is 0 Å². The summed E-state index contributed by atoms with van der Waals surface area (Å²) < 4.78 is 5.78. The summed E-state index contributed by atoms with van der Waals surface area (Å²) in [5, 5.41) is 2.93. The molecule has 1 amide bonds. The van der Waals surface area contributed by atoms with Crippen LogP contribution in [-0.4, -0.2) is 5.91 Å². The van der Waals surface area contributed by atoms with E-state index < -0.39 is 0 Å². The van der Waals surface area contributed by atoms with E-state index in [1.54, 1.807) is 12.1 Å². The van der Waals surface area contributed by atoms with Crippen LogP contribution >= 0.6 is 0 Å². The summed E-state index contributed by atoms with van der Waals surface area (Å²) in [5.41, 5.74) is 2.55. The number of ether oxygens (including phenoxy) is 1. The fourth-order valence-electron chi connectivity index (χ4n) is 2.40. The van der Waals surface area contributed by atoms with Crippen molar-refractivity contribution in [3.63, 3.8) is 0 Å². The summed E-state index contributed by atoms with van der Waals surface area (Å²) in [6.45, 7) is 2.09. The average Bonchev–Trinajstić information content (AvgIpc) is 2.63. The highest BCUT2D eigenvalue weighted by molar-refractivity contribution is 6.04. The molecule has 0 heterocycles. The van der Waals surface area contributed by atoms with Crippen molar-refractivity contribution in [2.45, 2.75) is 13.3 Å². The third-order valence-corrected chi connectivity index (χ3v) is 3.67. The van der Waals surface area contributed by atoms with Gasteiger partial charge in [0.1, 0.15) is 11.5 Å². The van der Waals surface area contributed by atoms with Crippen LogP contribution in [0.25, 0.3) is 0 Å². The Balaban J connectivity index is 1.74. The van der Waals surface area contributed by atoms with Crippen LogP contribution in [0, 0.1) is 0 Å². The quantitative estimate of drug-likeness (QED) is 0.694. The van der Waals surface area contributed by atoms with Gasteiger partial charge in [0.15, 0.2) is 0 Å². The van der Waals surface area contributed by atoms with E-state index in [4.69, 9.17) is 4.74 Å². The van der Waals surface area contributed by atoms with E-state index in [2.05, 4.69) is 12.2 Å². The molecule has 0 aliphatic rings. The second kappa shape index (κ2) is 7.47. The Labute approximate surface area is 141 Å². The maximum absolute atomic E-state index is 12.5. The molecule has 0 saturated carbocycles. The molecule has 0 fully saturated rings.